The van der Waals surface area contributed by atoms with E-state index in [0.717, 1.165) is 12.8 Å². The third kappa shape index (κ3) is 3.42. The number of fused-ring (bicyclic) bond motifs is 2. The Kier molecular flexibility index (Phi) is 4.85. The Bertz CT molecular complexity index is 1410. The van der Waals surface area contributed by atoms with Crippen LogP contribution in [0.2, 0.25) is 0 Å². The summed E-state index contributed by atoms with van der Waals surface area (Å²) in [5.41, 5.74) is 0.487. The van der Waals surface area contributed by atoms with Crippen LogP contribution in [0.1, 0.15) is 47.2 Å². The maximum Gasteiger partial charge on any atom is 0.335 e. The summed E-state index contributed by atoms with van der Waals surface area (Å²) < 4.78 is 53.9. The molecule has 10 heteroatoms. The van der Waals surface area contributed by atoms with Crippen molar-refractivity contribution in [1.82, 2.24) is 0 Å². The Morgan fingerprint density at radius 1 is 1.12 bits per heavy atom. The van der Waals surface area contributed by atoms with Gasteiger partial charge in [-0.2, -0.15) is 5.26 Å². The number of hydrogen-bond donors (Lipinski definition) is 1. The molecule has 2 aliphatic heterocycles. The molecule has 0 aromatic heterocycles. The van der Waals surface area contributed by atoms with E-state index in [0.29, 0.717) is 11.3 Å². The number of aromatic carboxylic acids is 1. The molecule has 1 N–H and O–H groups in total. The predicted octanol–water partition coefficient (Wildman–Crippen LogP) is 2.69. The van der Waals surface area contributed by atoms with Crippen molar-refractivity contribution in [3.8, 4) is 6.07 Å². The third-order valence-electron chi connectivity index (χ3n) is 7.14. The summed E-state index contributed by atoms with van der Waals surface area (Å²) in [6.45, 7) is 0. The molecule has 0 radical (unpaired) electrons. The van der Waals surface area contributed by atoms with Gasteiger partial charge in [-0.3, -0.25) is 4.31 Å². The van der Waals surface area contributed by atoms with Crippen LogP contribution >= 0.6 is 0 Å². The first-order valence-corrected chi connectivity index (χ1v) is 14.0. The Hall–Kier alpha value is -2.90. The Balaban J connectivity index is 1.74. The lowest BCUT2D eigenvalue weighted by Gasteiger charge is -2.41. The first kappa shape index (κ1) is 21.9. The van der Waals surface area contributed by atoms with E-state index in [4.69, 9.17) is 0 Å². The zero-order valence-corrected chi connectivity index (χ0v) is 19.3. The van der Waals surface area contributed by atoms with Crippen LogP contribution < -0.4 is 4.31 Å². The number of sulfonamides is 1. The van der Waals surface area contributed by atoms with Crippen molar-refractivity contribution >= 4 is 31.5 Å². The number of nitrogens with zero attached hydrogens (tertiary/aromatic N) is 2. The zero-order valence-electron chi connectivity index (χ0n) is 17.6. The molecule has 1 unspecified atom stereocenters. The van der Waals surface area contributed by atoms with E-state index in [1.165, 1.54) is 46.8 Å². The second-order valence-electron chi connectivity index (χ2n) is 9.07. The van der Waals surface area contributed by atoms with Gasteiger partial charge < -0.3 is 5.11 Å². The zero-order chi connectivity index (χ0) is 23.6. The Labute approximate surface area is 192 Å². The van der Waals surface area contributed by atoms with Crippen LogP contribution in [0.15, 0.2) is 47.4 Å². The molecule has 0 bridgehead atoms. The molecule has 1 saturated carbocycles. The number of rotatable bonds is 4. The molecule has 2 aromatic carbocycles. The van der Waals surface area contributed by atoms with E-state index in [2.05, 4.69) is 0 Å². The lowest BCUT2D eigenvalue weighted by atomic mass is 9.70. The predicted molar refractivity (Wildman–Crippen MR) is 120 cm³/mol. The largest absolute Gasteiger partial charge is 0.478 e. The van der Waals surface area contributed by atoms with Crippen molar-refractivity contribution in [3.63, 3.8) is 0 Å². The van der Waals surface area contributed by atoms with Crippen LogP contribution in [0.25, 0.3) is 0 Å². The lowest BCUT2D eigenvalue weighted by Crippen LogP contribution is -2.52. The van der Waals surface area contributed by atoms with Crippen LogP contribution in [-0.2, 0) is 25.3 Å². The normalized spacial score (nSPS) is 23.1. The lowest BCUT2D eigenvalue weighted by molar-refractivity contribution is 0.0696. The van der Waals surface area contributed by atoms with Crippen molar-refractivity contribution in [1.29, 1.82) is 5.26 Å². The molecule has 1 spiro atoms. The maximum atomic E-state index is 14.0. The van der Waals surface area contributed by atoms with Gasteiger partial charge in [0.2, 0.25) is 0 Å². The molecule has 5 rings (SSSR count). The van der Waals surface area contributed by atoms with Gasteiger partial charge in [0.25, 0.3) is 10.0 Å². The van der Waals surface area contributed by atoms with Gasteiger partial charge in [0, 0.05) is 5.41 Å². The molecule has 2 fully saturated rings. The minimum absolute atomic E-state index is 0.0130. The first-order valence-electron chi connectivity index (χ1n) is 10.7. The fourth-order valence-corrected chi connectivity index (χ4v) is 8.83. The molecule has 2 aromatic rings. The van der Waals surface area contributed by atoms with E-state index in [1.54, 1.807) is 0 Å². The summed E-state index contributed by atoms with van der Waals surface area (Å²) in [5, 5.41) is 18.8. The summed E-state index contributed by atoms with van der Waals surface area (Å²) >= 11 is 0. The fraction of sp³-hybridized carbons (Fsp3) is 0.391. The van der Waals surface area contributed by atoms with Gasteiger partial charge in [-0.1, -0.05) is 6.07 Å². The summed E-state index contributed by atoms with van der Waals surface area (Å²) in [7, 11) is -7.33. The van der Waals surface area contributed by atoms with E-state index >= 15 is 0 Å². The summed E-state index contributed by atoms with van der Waals surface area (Å²) in [5.74, 6) is -1.20. The molecule has 1 saturated heterocycles. The number of sulfone groups is 1. The Morgan fingerprint density at radius 3 is 2.42 bits per heavy atom. The Morgan fingerprint density at radius 2 is 1.82 bits per heavy atom. The van der Waals surface area contributed by atoms with Crippen molar-refractivity contribution in [2.24, 2.45) is 5.92 Å². The van der Waals surface area contributed by atoms with Gasteiger partial charge in [-0.15, -0.1) is 0 Å². The molecular formula is C23H22N2O6S2. The molecule has 172 valence electrons. The number of nitriles is 1. The van der Waals surface area contributed by atoms with Crippen LogP contribution in [0.5, 0.6) is 0 Å². The number of hydrogen-bond acceptors (Lipinski definition) is 6. The smallest absolute Gasteiger partial charge is 0.335 e. The molecule has 1 aliphatic carbocycles. The van der Waals surface area contributed by atoms with E-state index in [-0.39, 0.29) is 46.3 Å². The summed E-state index contributed by atoms with van der Waals surface area (Å²) in [6, 6.07) is 11.7. The monoisotopic (exact) mass is 486 g/mol. The molecule has 33 heavy (non-hydrogen) atoms. The third-order valence-corrected chi connectivity index (χ3v) is 10.6. The van der Waals surface area contributed by atoms with Crippen LogP contribution in [0.4, 0.5) is 5.69 Å². The van der Waals surface area contributed by atoms with Gasteiger partial charge in [0.05, 0.1) is 45.3 Å². The molecular weight excluding hydrogens is 464 g/mol. The van der Waals surface area contributed by atoms with Crippen molar-refractivity contribution in [3.05, 3.63) is 59.2 Å². The minimum Gasteiger partial charge on any atom is -0.478 e. The number of carbonyl (C=O) groups is 1. The van der Waals surface area contributed by atoms with Crippen LogP contribution in [0.3, 0.4) is 0 Å². The molecule has 3 aliphatic rings. The summed E-state index contributed by atoms with van der Waals surface area (Å²) in [6.07, 6.45) is 2.14. The van der Waals surface area contributed by atoms with Gasteiger partial charge in [-0.25, -0.2) is 21.6 Å². The number of benzene rings is 2. The molecule has 1 atom stereocenters. The summed E-state index contributed by atoms with van der Waals surface area (Å²) in [4.78, 5) is 11.7. The fourth-order valence-electron chi connectivity index (χ4n) is 5.43. The van der Waals surface area contributed by atoms with E-state index in [9.17, 15) is 32.0 Å². The average Bonchev–Trinajstić information content (AvgIpc) is 3.59. The quantitative estimate of drug-likeness (QED) is 0.702. The number of carboxylic acids is 1. The van der Waals surface area contributed by atoms with E-state index in [1.807, 2.05) is 6.07 Å². The number of carboxylic acid groups (broad SMARTS) is 1. The highest BCUT2D eigenvalue weighted by Crippen LogP contribution is 2.59. The van der Waals surface area contributed by atoms with Gasteiger partial charge in [0.1, 0.15) is 9.84 Å². The standard InChI is InChI=1S/C23H22N2O6S2/c24-14-15-2-1-3-18(12-15)33(30,31)25-20-7-6-17(22(26)27)13-19(20)23(21(25)16-4-5-16)8-10-32(28,29)11-9-23/h1-3,6-7,12-13,16,21H,4-5,8-11H2,(H,26,27). The topological polar surface area (TPSA) is 133 Å². The van der Waals surface area contributed by atoms with Crippen LogP contribution in [0, 0.1) is 17.2 Å². The highest BCUT2D eigenvalue weighted by atomic mass is 32.2. The highest BCUT2D eigenvalue weighted by molar-refractivity contribution is 7.93. The van der Waals surface area contributed by atoms with Crippen molar-refractivity contribution in [2.45, 2.75) is 42.0 Å². The van der Waals surface area contributed by atoms with Crippen LogP contribution in [-0.4, -0.2) is 45.5 Å². The first-order chi connectivity index (χ1) is 15.6. The molecule has 0 amide bonds. The minimum atomic E-state index is -4.09. The maximum absolute atomic E-state index is 14.0. The van der Waals surface area contributed by atoms with Gasteiger partial charge in [-0.05, 0) is 73.6 Å². The highest BCUT2D eigenvalue weighted by Gasteiger charge is 2.60. The molecule has 8 nitrogen and oxygen atoms in total. The average molecular weight is 487 g/mol. The van der Waals surface area contributed by atoms with Crippen molar-refractivity contribution < 1.29 is 26.7 Å². The molecule has 2 heterocycles. The second kappa shape index (κ2) is 7.30. The second-order valence-corrected chi connectivity index (χ2v) is 13.2. The van der Waals surface area contributed by atoms with E-state index < -0.39 is 37.3 Å². The SMILES string of the molecule is N#Cc1cccc(S(=O)(=O)N2c3ccc(C(=O)O)cc3C3(CCS(=O)(=O)CC3)C2C2CC2)c1. The van der Waals surface area contributed by atoms with Crippen molar-refractivity contribution in [2.75, 3.05) is 15.8 Å². The number of anilines is 1. The van der Waals surface area contributed by atoms with Gasteiger partial charge >= 0.3 is 5.97 Å². The van der Waals surface area contributed by atoms with Gasteiger partial charge in [0.15, 0.2) is 0 Å².